The van der Waals surface area contributed by atoms with Gasteiger partial charge in [-0.1, -0.05) is 16.9 Å². The normalized spacial score (nSPS) is 20.1. The maximum Gasteiger partial charge on any atom is 1.00 e. The summed E-state index contributed by atoms with van der Waals surface area (Å²) in [6, 6.07) is 1.83. The molecule has 0 spiro atoms. The molecule has 0 saturated carbocycles. The number of halogens is 1. The number of oxime groups is 1. The van der Waals surface area contributed by atoms with Gasteiger partial charge in [0.15, 0.2) is 5.13 Å². The molecule has 0 unspecified atom stereocenters. The summed E-state index contributed by atoms with van der Waals surface area (Å²) in [5, 5.41) is 27.9. The Hall–Kier alpha value is -2.52. The van der Waals surface area contributed by atoms with Crippen molar-refractivity contribution in [2.75, 3.05) is 19.0 Å². The summed E-state index contributed by atoms with van der Waals surface area (Å²) in [6.07, 6.45) is 4.01. The van der Waals surface area contributed by atoms with Gasteiger partial charge in [0.25, 0.3) is 5.91 Å². The number of thiazole rings is 1. The number of allylic oxidation sites excluding steroid dienone is 1. The molecule has 2 aromatic heterocycles. The van der Waals surface area contributed by atoms with Gasteiger partial charge in [-0.05, 0) is 25.0 Å². The van der Waals surface area contributed by atoms with Gasteiger partial charge in [-0.15, -0.1) is 11.3 Å². The number of anilines is 1. The van der Waals surface area contributed by atoms with E-state index in [0.717, 1.165) is 16.2 Å². The third kappa shape index (κ3) is 5.83. The molecule has 2 aliphatic heterocycles. The largest absolute Gasteiger partial charge is 1.00 e. The summed E-state index contributed by atoms with van der Waals surface area (Å²) >= 11 is 2.32. The summed E-state index contributed by atoms with van der Waals surface area (Å²) in [6.45, 7) is -1.19. The number of carboxylic acids is 1. The Morgan fingerprint density at radius 1 is 1.43 bits per heavy atom. The number of β-lactam (4-membered cyclic amide) rings is 1. The number of carbonyl (C=O) groups is 2. The van der Waals surface area contributed by atoms with Crippen LogP contribution in [0.1, 0.15) is 18.5 Å². The van der Waals surface area contributed by atoms with Crippen LogP contribution >= 0.6 is 23.1 Å². The first-order chi connectivity index (χ1) is 16.4. The summed E-state index contributed by atoms with van der Waals surface area (Å²) in [7, 11) is 0. The molecule has 0 radical (unpaired) electrons. The van der Waals surface area contributed by atoms with Crippen LogP contribution in [-0.4, -0.2) is 68.8 Å². The number of amides is 1. The van der Waals surface area contributed by atoms with Crippen molar-refractivity contribution in [1.29, 1.82) is 0 Å². The maximum absolute atomic E-state index is 12.9. The summed E-state index contributed by atoms with van der Waals surface area (Å²) in [5.41, 5.74) is 5.27. The fraction of sp³-hybridized carbons (Fsp3) is 0.300. The average Bonchev–Trinajstić information content (AvgIpc) is 3.26. The van der Waals surface area contributed by atoms with E-state index in [-0.39, 0.29) is 58.4 Å². The molecule has 2 aromatic rings. The topological polar surface area (TPSA) is 166 Å². The van der Waals surface area contributed by atoms with E-state index in [1.807, 2.05) is 0 Å². The molecule has 2 atom stereocenters. The third-order valence-corrected chi connectivity index (χ3v) is 6.83. The number of thioether (sulfide) groups is 1. The molecule has 15 heteroatoms. The minimum atomic E-state index is -1.24. The Kier molecular flexibility index (Phi) is 9.24. The maximum atomic E-state index is 12.9. The van der Waals surface area contributed by atoms with Gasteiger partial charge in [-0.2, -0.15) is 0 Å². The Bertz CT molecular complexity index is 1190. The van der Waals surface area contributed by atoms with Crippen LogP contribution in [0.25, 0.3) is 0 Å². The van der Waals surface area contributed by atoms with E-state index in [9.17, 15) is 24.2 Å². The number of nitrogen functional groups attached to an aromatic ring is 1. The molecule has 11 nitrogen and oxygen atoms in total. The first-order valence-corrected chi connectivity index (χ1v) is 11.7. The Morgan fingerprint density at radius 2 is 2.17 bits per heavy atom. The predicted octanol–water partition coefficient (Wildman–Crippen LogP) is -1.96. The number of pyridine rings is 1. The van der Waals surface area contributed by atoms with Crippen molar-refractivity contribution >= 4 is 51.7 Å². The number of hydrogen-bond acceptors (Lipinski definition) is 11. The fourth-order valence-corrected chi connectivity index (χ4v) is 5.15. The molecule has 4 heterocycles. The number of hydrogen-bond donors (Lipinski definition) is 2. The zero-order valence-electron chi connectivity index (χ0n) is 18.5. The first-order valence-electron chi connectivity index (χ1n) is 10.0. The molecule has 178 valence electrons. The minimum Gasteiger partial charge on any atom is -0.857 e. The van der Waals surface area contributed by atoms with Crippen molar-refractivity contribution < 1.29 is 58.6 Å². The number of rotatable bonds is 9. The van der Waals surface area contributed by atoms with E-state index in [4.69, 9.17) is 10.6 Å². The van der Waals surface area contributed by atoms with Crippen LogP contribution in [0, 0.1) is 0 Å². The minimum absolute atomic E-state index is 0. The van der Waals surface area contributed by atoms with Crippen LogP contribution in [0.4, 0.5) is 9.52 Å². The molecule has 0 bridgehead atoms. The third-order valence-electron chi connectivity index (χ3n) is 5.00. The van der Waals surface area contributed by atoms with E-state index in [1.165, 1.54) is 22.0 Å². The van der Waals surface area contributed by atoms with E-state index >= 15 is 0 Å². The second kappa shape index (κ2) is 11.9. The molecule has 1 amide bonds. The number of aromatic nitrogens is 2. The van der Waals surface area contributed by atoms with Gasteiger partial charge in [0, 0.05) is 33.5 Å². The van der Waals surface area contributed by atoms with Crippen LogP contribution in [0.15, 0.2) is 55.6 Å². The smallest absolute Gasteiger partial charge is 0.857 e. The van der Waals surface area contributed by atoms with Crippen molar-refractivity contribution in [3.63, 3.8) is 0 Å². The number of aliphatic imine (C=N–C) groups is 1. The molecule has 35 heavy (non-hydrogen) atoms. The van der Waals surface area contributed by atoms with Crippen LogP contribution in [0.5, 0.6) is 0 Å². The number of nitrogens with zero attached hydrogens (tertiary/aromatic N) is 5. The average molecular weight is 529 g/mol. The summed E-state index contributed by atoms with van der Waals surface area (Å²) < 4.78 is 12.4. The molecule has 0 aromatic carbocycles. The molecule has 0 aliphatic carbocycles. The molecule has 3 N–H and O–H groups in total. The molecule has 4 rings (SSSR count). The first kappa shape index (κ1) is 27.1. The summed E-state index contributed by atoms with van der Waals surface area (Å²) in [5.74, 6) is -2.73. The van der Waals surface area contributed by atoms with Crippen LogP contribution < -0.4 is 40.4 Å². The number of carbonyl (C=O) groups excluding carboxylic acids is 1. The Morgan fingerprint density at radius 3 is 2.80 bits per heavy atom. The quantitative estimate of drug-likeness (QED) is 0.0938. The Balaban J connectivity index is 0.00000342. The molecule has 2 aliphatic rings. The van der Waals surface area contributed by atoms with Gasteiger partial charge >= 0.3 is 35.5 Å². The van der Waals surface area contributed by atoms with Crippen molar-refractivity contribution in [2.45, 2.75) is 29.8 Å². The number of alkyl halides is 1. The van der Waals surface area contributed by atoms with E-state index < -0.39 is 36.5 Å². The van der Waals surface area contributed by atoms with Crippen molar-refractivity contribution in [1.82, 2.24) is 14.9 Å². The molecule has 1 saturated heterocycles. The van der Waals surface area contributed by atoms with E-state index in [0.29, 0.717) is 17.7 Å². The monoisotopic (exact) mass is 528 g/mol. The van der Waals surface area contributed by atoms with Crippen LogP contribution in [0.2, 0.25) is 0 Å². The SMILES string of the molecule is Nc1nc(/C(=N\OCCF)C([O-])=N[C@@H]2C(=O)N3C(C(=O)O)=C(Sc4ccncc4)CC[C@H]23)cs1.[Na+]. The van der Waals surface area contributed by atoms with Gasteiger partial charge in [0.2, 0.25) is 0 Å². The molecular formula is C20H18FN6NaO5S2. The van der Waals surface area contributed by atoms with Gasteiger partial charge in [-0.3, -0.25) is 19.7 Å². The summed E-state index contributed by atoms with van der Waals surface area (Å²) in [4.78, 5) is 44.0. The van der Waals surface area contributed by atoms with E-state index in [2.05, 4.69) is 20.1 Å². The number of carboxylic acid groups (broad SMARTS) is 1. The standard InChI is InChI=1S/C20H19FN6O5S2.Na/c21-5-8-32-26-14(11-9-33-20(22)24-11)17(28)25-15-12-1-2-13(34-10-3-6-23-7-4-10)16(19(30)31)27(12)18(15)29;/h3-4,6-7,9,12,15H,1-2,5,8H2,(H2,22,24)(H,25,28)(H,30,31);/q;+1/p-1/b26-14+;/t12-,15+;/m1./s1. The van der Waals surface area contributed by atoms with Crippen LogP contribution in [0.3, 0.4) is 0 Å². The van der Waals surface area contributed by atoms with Gasteiger partial charge in [-0.25, -0.2) is 14.2 Å². The number of fused-ring (bicyclic) bond motifs is 1. The number of nitrogens with two attached hydrogens (primary N) is 1. The van der Waals surface area contributed by atoms with Crippen LogP contribution in [-0.2, 0) is 14.4 Å². The van der Waals surface area contributed by atoms with Gasteiger partial charge < -0.3 is 20.8 Å². The van der Waals surface area contributed by atoms with Crippen molar-refractivity contribution in [3.8, 4) is 0 Å². The second-order valence-electron chi connectivity index (χ2n) is 7.09. The molecule has 1 fully saturated rings. The van der Waals surface area contributed by atoms with Crippen molar-refractivity contribution in [3.05, 3.63) is 46.2 Å². The fourth-order valence-electron chi connectivity index (χ4n) is 3.56. The number of aliphatic carboxylic acids is 1. The molecular weight excluding hydrogens is 510 g/mol. The van der Waals surface area contributed by atoms with E-state index in [1.54, 1.807) is 24.5 Å². The van der Waals surface area contributed by atoms with Crippen molar-refractivity contribution in [2.24, 2.45) is 10.1 Å². The van der Waals surface area contributed by atoms with Gasteiger partial charge in [0.05, 0.1) is 6.04 Å². The predicted molar refractivity (Wildman–Crippen MR) is 121 cm³/mol. The second-order valence-corrected chi connectivity index (χ2v) is 9.15. The Labute approximate surface area is 229 Å². The van der Waals surface area contributed by atoms with Gasteiger partial charge in [0.1, 0.15) is 36.4 Å². The zero-order valence-corrected chi connectivity index (χ0v) is 22.1. The zero-order chi connectivity index (χ0) is 24.2.